The van der Waals surface area contributed by atoms with Crippen molar-refractivity contribution in [1.29, 1.82) is 0 Å². The van der Waals surface area contributed by atoms with E-state index >= 15 is 0 Å². The molecule has 0 atom stereocenters. The van der Waals surface area contributed by atoms with E-state index in [1.54, 1.807) is 0 Å². The van der Waals surface area contributed by atoms with Gasteiger partial charge in [-0.2, -0.15) is 16.8 Å². The van der Waals surface area contributed by atoms with Gasteiger partial charge in [0, 0.05) is 13.0 Å². The van der Waals surface area contributed by atoms with Crippen LogP contribution in [-0.2, 0) is 42.9 Å². The van der Waals surface area contributed by atoms with Crippen LogP contribution >= 0.6 is 0 Å². The van der Waals surface area contributed by atoms with Crippen molar-refractivity contribution in [2.45, 2.75) is 12.8 Å². The van der Waals surface area contributed by atoms with Gasteiger partial charge in [-0.3, -0.25) is 13.8 Å². The van der Waals surface area contributed by atoms with Crippen molar-refractivity contribution in [3.63, 3.8) is 0 Å². The minimum Gasteiger partial charge on any atom is -0.469 e. The first kappa shape index (κ1) is 20.8. The predicted molar refractivity (Wildman–Crippen MR) is 74.6 cm³/mol. The summed E-state index contributed by atoms with van der Waals surface area (Å²) < 4.78 is 56.9. The van der Waals surface area contributed by atoms with E-state index in [0.717, 1.165) is 24.5 Å². The van der Waals surface area contributed by atoms with Gasteiger partial charge in [0.2, 0.25) is 5.91 Å². The van der Waals surface area contributed by atoms with Gasteiger partial charge < -0.3 is 9.64 Å². The molecule has 0 aromatic heterocycles. The van der Waals surface area contributed by atoms with Crippen LogP contribution in [0.5, 0.6) is 0 Å². The number of ether oxygens (including phenoxy) is 1. The highest BCUT2D eigenvalue weighted by atomic mass is 32.2. The van der Waals surface area contributed by atoms with Crippen LogP contribution in [0.2, 0.25) is 0 Å². The predicted octanol–water partition coefficient (Wildman–Crippen LogP) is -1.32. The standard InChI is InChI=1S/C10H19NO9S2/c1-18-10(13)5-4-9(12)11(8-20-22(3,16)17)6-7-19-21(2,14)15/h4-8H2,1-3H3. The minimum atomic E-state index is -3.79. The lowest BCUT2D eigenvalue weighted by Gasteiger charge is -2.21. The molecule has 10 nitrogen and oxygen atoms in total. The lowest BCUT2D eigenvalue weighted by molar-refractivity contribution is -0.144. The highest BCUT2D eigenvalue weighted by Crippen LogP contribution is 2.02. The third-order valence-electron chi connectivity index (χ3n) is 2.20. The maximum Gasteiger partial charge on any atom is 0.306 e. The van der Waals surface area contributed by atoms with Crippen molar-refractivity contribution in [1.82, 2.24) is 4.90 Å². The number of methoxy groups -OCH3 is 1. The van der Waals surface area contributed by atoms with E-state index in [0.29, 0.717) is 0 Å². The summed E-state index contributed by atoms with van der Waals surface area (Å²) in [5.74, 6) is -1.21. The van der Waals surface area contributed by atoms with Crippen molar-refractivity contribution < 1.29 is 39.5 Å². The Morgan fingerprint density at radius 2 is 1.50 bits per heavy atom. The van der Waals surface area contributed by atoms with Crippen LogP contribution in [0.3, 0.4) is 0 Å². The molecule has 0 spiro atoms. The Balaban J connectivity index is 4.62. The fourth-order valence-electron chi connectivity index (χ4n) is 1.19. The van der Waals surface area contributed by atoms with Crippen molar-refractivity contribution in [2.75, 3.05) is 39.5 Å². The van der Waals surface area contributed by atoms with E-state index in [1.165, 1.54) is 0 Å². The monoisotopic (exact) mass is 361 g/mol. The molecule has 0 fully saturated rings. The van der Waals surface area contributed by atoms with Crippen LogP contribution in [-0.4, -0.2) is 73.1 Å². The summed E-state index contributed by atoms with van der Waals surface area (Å²) in [7, 11) is -6.31. The maximum atomic E-state index is 11.9. The summed E-state index contributed by atoms with van der Waals surface area (Å²) in [4.78, 5) is 23.8. The first-order chi connectivity index (χ1) is 9.94. The lowest BCUT2D eigenvalue weighted by atomic mass is 10.3. The van der Waals surface area contributed by atoms with Crippen LogP contribution in [0.25, 0.3) is 0 Å². The van der Waals surface area contributed by atoms with Crippen LogP contribution in [0, 0.1) is 0 Å². The molecule has 0 aliphatic rings. The smallest absolute Gasteiger partial charge is 0.306 e. The van der Waals surface area contributed by atoms with Crippen LogP contribution < -0.4 is 0 Å². The summed E-state index contributed by atoms with van der Waals surface area (Å²) in [5.41, 5.74) is 0. The molecule has 0 unspecified atom stereocenters. The molecule has 0 saturated carbocycles. The zero-order valence-electron chi connectivity index (χ0n) is 12.5. The van der Waals surface area contributed by atoms with Crippen LogP contribution in [0.15, 0.2) is 0 Å². The van der Waals surface area contributed by atoms with Crippen molar-refractivity contribution in [3.8, 4) is 0 Å². The molecule has 0 aromatic rings. The number of hydrogen-bond donors (Lipinski definition) is 0. The molecule has 0 N–H and O–H groups in total. The van der Waals surface area contributed by atoms with E-state index in [9.17, 15) is 26.4 Å². The Morgan fingerprint density at radius 3 is 1.95 bits per heavy atom. The first-order valence-electron chi connectivity index (χ1n) is 5.98. The quantitative estimate of drug-likeness (QED) is 0.264. The number of hydrogen-bond acceptors (Lipinski definition) is 9. The second-order valence-corrected chi connectivity index (χ2v) is 7.50. The highest BCUT2D eigenvalue weighted by molar-refractivity contribution is 7.86. The van der Waals surface area contributed by atoms with Crippen molar-refractivity contribution >= 4 is 32.1 Å². The largest absolute Gasteiger partial charge is 0.469 e. The molecule has 22 heavy (non-hydrogen) atoms. The molecule has 0 aliphatic heterocycles. The second-order valence-electron chi connectivity index (χ2n) is 4.21. The van der Waals surface area contributed by atoms with E-state index in [4.69, 9.17) is 0 Å². The minimum absolute atomic E-state index is 0.197. The third-order valence-corrected chi connectivity index (χ3v) is 3.33. The molecule has 0 bridgehead atoms. The Labute approximate surface area is 129 Å². The lowest BCUT2D eigenvalue weighted by Crippen LogP contribution is -2.37. The molecule has 0 heterocycles. The number of rotatable bonds is 10. The summed E-state index contributed by atoms with van der Waals surface area (Å²) in [6.45, 7) is -1.19. The van der Waals surface area contributed by atoms with Crippen LogP contribution in [0.1, 0.15) is 12.8 Å². The topological polar surface area (TPSA) is 133 Å². The number of carbonyl (C=O) groups excluding carboxylic acids is 2. The summed E-state index contributed by atoms with van der Waals surface area (Å²) in [6, 6.07) is 0. The van der Waals surface area contributed by atoms with Gasteiger partial charge >= 0.3 is 5.97 Å². The Hall–Kier alpha value is -1.24. The van der Waals surface area contributed by atoms with Gasteiger partial charge in [-0.1, -0.05) is 0 Å². The number of amides is 1. The molecular formula is C10H19NO9S2. The molecule has 0 rings (SSSR count). The van der Waals surface area contributed by atoms with Crippen molar-refractivity contribution in [3.05, 3.63) is 0 Å². The van der Waals surface area contributed by atoms with Gasteiger partial charge in [0.05, 0.1) is 32.6 Å². The molecule has 0 saturated heterocycles. The number of carbonyl (C=O) groups is 2. The molecule has 12 heteroatoms. The molecule has 0 radical (unpaired) electrons. The number of esters is 1. The van der Waals surface area contributed by atoms with Crippen LogP contribution in [0.4, 0.5) is 0 Å². The molecular weight excluding hydrogens is 342 g/mol. The van der Waals surface area contributed by atoms with Gasteiger partial charge in [0.15, 0.2) is 0 Å². The van der Waals surface area contributed by atoms with Gasteiger partial charge in [0.1, 0.15) is 6.73 Å². The molecule has 1 amide bonds. The first-order valence-corrected chi connectivity index (χ1v) is 9.61. The average Bonchev–Trinajstić information content (AvgIpc) is 2.36. The fourth-order valence-corrected chi connectivity index (χ4v) is 1.88. The maximum absolute atomic E-state index is 11.9. The number of nitrogens with zero attached hydrogens (tertiary/aromatic N) is 1. The second kappa shape index (κ2) is 9.02. The fraction of sp³-hybridized carbons (Fsp3) is 0.800. The highest BCUT2D eigenvalue weighted by Gasteiger charge is 2.18. The third kappa shape index (κ3) is 11.4. The SMILES string of the molecule is COC(=O)CCC(=O)N(CCOS(C)(=O)=O)COS(C)(=O)=O. The molecule has 0 aromatic carbocycles. The zero-order chi connectivity index (χ0) is 17.4. The average molecular weight is 361 g/mol. The Bertz CT molecular complexity index is 582. The van der Waals surface area contributed by atoms with Gasteiger partial charge in [-0.15, -0.1) is 0 Å². The Morgan fingerprint density at radius 1 is 0.955 bits per heavy atom. The summed E-state index contributed by atoms with van der Waals surface area (Å²) in [5, 5.41) is 0. The zero-order valence-corrected chi connectivity index (χ0v) is 14.1. The summed E-state index contributed by atoms with van der Waals surface area (Å²) in [6.07, 6.45) is 1.21. The van der Waals surface area contributed by atoms with Gasteiger partial charge in [0.25, 0.3) is 20.2 Å². The van der Waals surface area contributed by atoms with E-state index in [2.05, 4.69) is 13.1 Å². The van der Waals surface area contributed by atoms with E-state index < -0.39 is 38.8 Å². The molecule has 130 valence electrons. The Kier molecular flexibility index (Phi) is 8.52. The normalized spacial score (nSPS) is 12.0. The van der Waals surface area contributed by atoms with Gasteiger partial charge in [-0.25, -0.2) is 4.18 Å². The van der Waals surface area contributed by atoms with E-state index in [-0.39, 0.29) is 26.0 Å². The summed E-state index contributed by atoms with van der Waals surface area (Å²) >= 11 is 0. The van der Waals surface area contributed by atoms with Gasteiger partial charge in [-0.05, 0) is 0 Å². The van der Waals surface area contributed by atoms with Crippen molar-refractivity contribution in [2.24, 2.45) is 0 Å². The van der Waals surface area contributed by atoms with E-state index in [1.807, 2.05) is 0 Å². The molecule has 0 aliphatic carbocycles.